The second-order valence-corrected chi connectivity index (χ2v) is 6.44. The molecule has 1 amide bonds. The lowest BCUT2D eigenvalue weighted by molar-refractivity contribution is -0.398. The van der Waals surface area contributed by atoms with Crippen LogP contribution in [0, 0.1) is 10.1 Å². The van der Waals surface area contributed by atoms with Crippen molar-refractivity contribution in [2.75, 3.05) is 5.32 Å². The van der Waals surface area contributed by atoms with Crippen LogP contribution >= 0.6 is 0 Å². The van der Waals surface area contributed by atoms with E-state index in [9.17, 15) is 20.0 Å². The van der Waals surface area contributed by atoms with Crippen LogP contribution in [0.25, 0.3) is 0 Å². The highest BCUT2D eigenvalue weighted by Gasteiger charge is 2.12. The summed E-state index contributed by atoms with van der Waals surface area (Å²) in [5.74, 6) is -0.897. The van der Waals surface area contributed by atoms with Crippen molar-refractivity contribution < 1.29 is 14.8 Å². The van der Waals surface area contributed by atoms with Crippen LogP contribution in [0.1, 0.15) is 23.6 Å². The average Bonchev–Trinajstić information content (AvgIpc) is 2.68. The SMILES string of the molecule is CC(=O)Nc1cccc(N=Cc2cc(Cc3ccccc3)cc([N+](=O)[O-])c2[O-])c1. The van der Waals surface area contributed by atoms with Gasteiger partial charge in [-0.1, -0.05) is 36.4 Å². The molecular formula is C22H18N3O4-. The van der Waals surface area contributed by atoms with Crippen LogP contribution in [0.4, 0.5) is 17.1 Å². The van der Waals surface area contributed by atoms with E-state index in [2.05, 4.69) is 10.3 Å². The van der Waals surface area contributed by atoms with Crippen LogP contribution in [0.3, 0.4) is 0 Å². The Kier molecular flexibility index (Phi) is 5.99. The molecule has 0 saturated carbocycles. The third kappa shape index (κ3) is 5.26. The van der Waals surface area contributed by atoms with Crippen LogP contribution < -0.4 is 10.4 Å². The summed E-state index contributed by atoms with van der Waals surface area (Å²) >= 11 is 0. The first-order chi connectivity index (χ1) is 13.9. The zero-order valence-corrected chi connectivity index (χ0v) is 15.7. The summed E-state index contributed by atoms with van der Waals surface area (Å²) in [5.41, 5.74) is 2.36. The molecule has 0 aliphatic carbocycles. The fourth-order valence-corrected chi connectivity index (χ4v) is 2.87. The Morgan fingerprint density at radius 3 is 2.52 bits per heavy atom. The van der Waals surface area contributed by atoms with Crippen molar-refractivity contribution in [2.45, 2.75) is 13.3 Å². The maximum absolute atomic E-state index is 12.5. The Morgan fingerprint density at radius 2 is 1.83 bits per heavy atom. The molecular weight excluding hydrogens is 370 g/mol. The summed E-state index contributed by atoms with van der Waals surface area (Å²) in [6.07, 6.45) is 1.78. The molecule has 7 nitrogen and oxygen atoms in total. The van der Waals surface area contributed by atoms with E-state index in [-0.39, 0.29) is 11.5 Å². The maximum Gasteiger partial charge on any atom is 0.262 e. The highest BCUT2D eigenvalue weighted by Crippen LogP contribution is 2.29. The summed E-state index contributed by atoms with van der Waals surface area (Å²) in [7, 11) is 0. The molecule has 3 rings (SSSR count). The molecule has 0 unspecified atom stereocenters. The van der Waals surface area contributed by atoms with Gasteiger partial charge in [-0.3, -0.25) is 19.9 Å². The normalized spacial score (nSPS) is 10.8. The Labute approximate surface area is 167 Å². The molecule has 0 heterocycles. The Morgan fingerprint density at radius 1 is 1.07 bits per heavy atom. The molecule has 1 N–H and O–H groups in total. The molecule has 0 bridgehead atoms. The van der Waals surface area contributed by atoms with Crippen molar-refractivity contribution in [3.63, 3.8) is 0 Å². The van der Waals surface area contributed by atoms with E-state index in [0.29, 0.717) is 23.4 Å². The average molecular weight is 388 g/mol. The molecule has 0 fully saturated rings. The molecule has 0 radical (unpaired) electrons. The number of anilines is 1. The monoisotopic (exact) mass is 388 g/mol. The molecule has 0 atom stereocenters. The Bertz CT molecular complexity index is 1080. The number of amides is 1. The highest BCUT2D eigenvalue weighted by atomic mass is 16.6. The lowest BCUT2D eigenvalue weighted by Crippen LogP contribution is -2.05. The first-order valence-corrected chi connectivity index (χ1v) is 8.86. The lowest BCUT2D eigenvalue weighted by Gasteiger charge is -2.13. The number of nitro benzene ring substituents is 1. The van der Waals surface area contributed by atoms with Crippen LogP contribution in [-0.4, -0.2) is 17.0 Å². The van der Waals surface area contributed by atoms with Crippen molar-refractivity contribution in [2.24, 2.45) is 4.99 Å². The number of nitrogens with one attached hydrogen (secondary N) is 1. The topological polar surface area (TPSA) is 108 Å². The molecule has 0 aliphatic heterocycles. The molecule has 0 spiro atoms. The summed E-state index contributed by atoms with van der Waals surface area (Å²) in [4.78, 5) is 26.1. The van der Waals surface area contributed by atoms with Crippen molar-refractivity contribution in [3.8, 4) is 5.75 Å². The predicted molar refractivity (Wildman–Crippen MR) is 110 cm³/mol. The molecule has 29 heavy (non-hydrogen) atoms. The van der Waals surface area contributed by atoms with Crippen LogP contribution in [-0.2, 0) is 11.2 Å². The van der Waals surface area contributed by atoms with Gasteiger partial charge in [0, 0.05) is 24.9 Å². The maximum atomic E-state index is 12.5. The fraction of sp³-hybridized carbons (Fsp3) is 0.0909. The standard InChI is InChI=1S/C22H19N3O4/c1-15(26)24-20-9-5-8-19(13-20)23-14-18-11-17(10-16-6-3-2-4-7-16)12-21(22(18)27)25(28)29/h2-9,11-14,27H,10H2,1H3,(H,24,26)/p-1. The number of hydrogen-bond donors (Lipinski definition) is 1. The summed E-state index contributed by atoms with van der Waals surface area (Å²) in [5, 5.41) is 26.4. The van der Waals surface area contributed by atoms with E-state index >= 15 is 0 Å². The summed E-state index contributed by atoms with van der Waals surface area (Å²) in [6.45, 7) is 1.40. The van der Waals surface area contributed by atoms with Gasteiger partial charge in [0.15, 0.2) is 0 Å². The van der Waals surface area contributed by atoms with Gasteiger partial charge in [0.2, 0.25) is 5.91 Å². The Balaban J connectivity index is 1.94. The smallest absolute Gasteiger partial charge is 0.262 e. The predicted octanol–water partition coefficient (Wildman–Crippen LogP) is 3.97. The highest BCUT2D eigenvalue weighted by molar-refractivity contribution is 5.90. The van der Waals surface area contributed by atoms with Crippen LogP contribution in [0.5, 0.6) is 5.75 Å². The van der Waals surface area contributed by atoms with Crippen molar-refractivity contribution in [1.29, 1.82) is 0 Å². The van der Waals surface area contributed by atoms with Gasteiger partial charge in [-0.15, -0.1) is 0 Å². The van der Waals surface area contributed by atoms with Crippen molar-refractivity contribution in [1.82, 2.24) is 0 Å². The molecule has 7 heteroatoms. The fourth-order valence-electron chi connectivity index (χ4n) is 2.87. The van der Waals surface area contributed by atoms with E-state index in [0.717, 1.165) is 5.56 Å². The minimum atomic E-state index is -0.687. The van der Waals surface area contributed by atoms with Crippen LogP contribution in [0.15, 0.2) is 71.7 Å². The van der Waals surface area contributed by atoms with Gasteiger partial charge in [0.1, 0.15) is 0 Å². The van der Waals surface area contributed by atoms with E-state index in [4.69, 9.17) is 0 Å². The van der Waals surface area contributed by atoms with Gasteiger partial charge >= 0.3 is 0 Å². The molecule has 0 aliphatic rings. The third-order valence-corrected chi connectivity index (χ3v) is 4.12. The number of carbonyl (C=O) groups excluding carboxylic acids is 1. The number of rotatable bonds is 6. The number of nitrogens with zero attached hydrogens (tertiary/aromatic N) is 2. The number of hydrogen-bond acceptors (Lipinski definition) is 5. The molecule has 3 aromatic carbocycles. The molecule has 146 valence electrons. The number of carbonyl (C=O) groups is 1. The van der Waals surface area contributed by atoms with Crippen LogP contribution in [0.2, 0.25) is 0 Å². The van der Waals surface area contributed by atoms with Gasteiger partial charge < -0.3 is 10.4 Å². The van der Waals surface area contributed by atoms with Gasteiger partial charge in [0.25, 0.3) is 5.69 Å². The molecule has 0 saturated heterocycles. The van der Waals surface area contributed by atoms with E-state index in [1.165, 1.54) is 19.2 Å². The number of aliphatic imine (C=N–C) groups is 1. The van der Waals surface area contributed by atoms with E-state index in [1.54, 1.807) is 30.3 Å². The van der Waals surface area contributed by atoms with Gasteiger partial charge in [-0.2, -0.15) is 0 Å². The first kappa shape index (κ1) is 19.8. The second kappa shape index (κ2) is 8.79. The van der Waals surface area contributed by atoms with Crippen molar-refractivity contribution >= 4 is 29.2 Å². The van der Waals surface area contributed by atoms with Gasteiger partial charge in [-0.05, 0) is 53.1 Å². The van der Waals surface area contributed by atoms with Gasteiger partial charge in [-0.25, -0.2) is 0 Å². The van der Waals surface area contributed by atoms with E-state index in [1.807, 2.05) is 30.3 Å². The molecule has 3 aromatic rings. The van der Waals surface area contributed by atoms with Gasteiger partial charge in [0.05, 0.1) is 10.6 Å². The lowest BCUT2D eigenvalue weighted by atomic mass is 10.0. The third-order valence-electron chi connectivity index (χ3n) is 4.12. The summed E-state index contributed by atoms with van der Waals surface area (Å²) in [6, 6.07) is 19.2. The Hall–Kier alpha value is -4.00. The summed E-state index contributed by atoms with van der Waals surface area (Å²) < 4.78 is 0. The number of nitro groups is 1. The zero-order valence-electron chi connectivity index (χ0n) is 15.7. The van der Waals surface area contributed by atoms with E-state index < -0.39 is 16.4 Å². The number of benzene rings is 3. The largest absolute Gasteiger partial charge is 0.867 e. The van der Waals surface area contributed by atoms with Crippen molar-refractivity contribution in [3.05, 3.63) is 93.5 Å². The second-order valence-electron chi connectivity index (χ2n) is 6.44. The first-order valence-electron chi connectivity index (χ1n) is 8.86. The molecule has 0 aromatic heterocycles. The zero-order chi connectivity index (χ0) is 20.8. The minimum absolute atomic E-state index is 0.134. The quantitative estimate of drug-likeness (QED) is 0.391. The minimum Gasteiger partial charge on any atom is -0.867 e.